The molecule has 0 saturated heterocycles. The molecular weight excluding hydrogens is 320 g/mol. The molecule has 2 nitrogen and oxygen atoms in total. The molecule has 0 aromatic heterocycles. The van der Waals surface area contributed by atoms with E-state index in [9.17, 15) is 0 Å². The summed E-state index contributed by atoms with van der Waals surface area (Å²) in [6.07, 6.45) is 3.35. The lowest BCUT2D eigenvalue weighted by atomic mass is 9.98. The summed E-state index contributed by atoms with van der Waals surface area (Å²) in [5.74, 6) is 1.19. The van der Waals surface area contributed by atoms with Crippen molar-refractivity contribution < 1.29 is 0 Å². The molecule has 0 heterocycles. The molecule has 0 aliphatic heterocycles. The normalized spacial score (nSPS) is 16.4. The number of nitrogens with two attached hydrogens (primary N) is 1. The summed E-state index contributed by atoms with van der Waals surface area (Å²) in [5.41, 5.74) is 7.50. The average molecular weight is 345 g/mol. The smallest absolute Gasteiger partial charge is 0.0496 e. The van der Waals surface area contributed by atoms with Crippen molar-refractivity contribution in [2.24, 2.45) is 5.73 Å². The number of benzene rings is 1. The SMILES string of the molecule is CSCCC(C)N(C)C(c1ccc(Br)cc1)C(C)N. The largest absolute Gasteiger partial charge is 0.326 e. The van der Waals surface area contributed by atoms with E-state index in [2.05, 4.69) is 72.2 Å². The minimum atomic E-state index is 0.114. The van der Waals surface area contributed by atoms with Gasteiger partial charge in [0.2, 0.25) is 0 Å². The molecule has 0 saturated carbocycles. The Morgan fingerprint density at radius 2 is 1.84 bits per heavy atom. The molecule has 2 N–H and O–H groups in total. The van der Waals surface area contributed by atoms with Gasteiger partial charge in [-0.1, -0.05) is 28.1 Å². The fraction of sp³-hybridized carbons (Fsp3) is 0.600. The molecule has 0 spiro atoms. The van der Waals surface area contributed by atoms with Crippen molar-refractivity contribution in [3.8, 4) is 0 Å². The molecule has 1 aromatic carbocycles. The first-order valence-corrected chi connectivity index (χ1v) is 8.88. The molecule has 1 aromatic rings. The number of rotatable bonds is 7. The number of nitrogens with zero attached hydrogens (tertiary/aromatic N) is 1. The first-order chi connectivity index (χ1) is 8.97. The monoisotopic (exact) mass is 344 g/mol. The molecule has 19 heavy (non-hydrogen) atoms. The summed E-state index contributed by atoms with van der Waals surface area (Å²) in [6, 6.07) is 9.42. The third kappa shape index (κ3) is 5.10. The summed E-state index contributed by atoms with van der Waals surface area (Å²) in [5, 5.41) is 0. The summed E-state index contributed by atoms with van der Waals surface area (Å²) >= 11 is 5.39. The fourth-order valence-electron chi connectivity index (χ4n) is 2.34. The van der Waals surface area contributed by atoms with Crippen molar-refractivity contribution in [1.82, 2.24) is 4.90 Å². The van der Waals surface area contributed by atoms with Crippen LogP contribution in [-0.2, 0) is 0 Å². The standard InChI is InChI=1S/C15H25BrN2S/c1-11(9-10-19-4)18(3)15(12(2)17)13-5-7-14(16)8-6-13/h5-8,11-12,15H,9-10,17H2,1-4H3. The van der Waals surface area contributed by atoms with Crippen LogP contribution < -0.4 is 5.73 Å². The van der Waals surface area contributed by atoms with Crippen LogP contribution in [0.1, 0.15) is 31.9 Å². The molecule has 3 unspecified atom stereocenters. The van der Waals surface area contributed by atoms with Gasteiger partial charge in [-0.2, -0.15) is 11.8 Å². The second-order valence-electron chi connectivity index (χ2n) is 5.15. The van der Waals surface area contributed by atoms with Gasteiger partial charge in [0.1, 0.15) is 0 Å². The van der Waals surface area contributed by atoms with Crippen LogP contribution in [-0.4, -0.2) is 36.0 Å². The Labute approximate surface area is 130 Å². The Morgan fingerprint density at radius 1 is 1.26 bits per heavy atom. The van der Waals surface area contributed by atoms with Crippen LogP contribution in [0.4, 0.5) is 0 Å². The van der Waals surface area contributed by atoms with Crippen LogP contribution in [0, 0.1) is 0 Å². The molecule has 0 radical (unpaired) electrons. The van der Waals surface area contributed by atoms with Crippen LogP contribution in [0.2, 0.25) is 0 Å². The number of hydrogen-bond donors (Lipinski definition) is 1. The lowest BCUT2D eigenvalue weighted by molar-refractivity contribution is 0.162. The minimum Gasteiger partial charge on any atom is -0.326 e. The van der Waals surface area contributed by atoms with Crippen molar-refractivity contribution in [3.05, 3.63) is 34.3 Å². The third-order valence-corrected chi connectivity index (χ3v) is 4.76. The molecule has 0 amide bonds. The highest BCUT2D eigenvalue weighted by molar-refractivity contribution is 9.10. The summed E-state index contributed by atoms with van der Waals surface area (Å²) in [6.45, 7) is 4.37. The molecule has 0 aliphatic rings. The van der Waals surface area contributed by atoms with Crippen molar-refractivity contribution in [1.29, 1.82) is 0 Å². The van der Waals surface area contributed by atoms with Crippen molar-refractivity contribution >= 4 is 27.7 Å². The van der Waals surface area contributed by atoms with Gasteiger partial charge in [0.25, 0.3) is 0 Å². The number of likely N-dealkylation sites (N-methyl/N-ethyl adjacent to an activating group) is 1. The molecule has 0 fully saturated rings. The van der Waals surface area contributed by atoms with Crippen LogP contribution in [0.5, 0.6) is 0 Å². The Balaban J connectivity index is 2.84. The highest BCUT2D eigenvalue weighted by atomic mass is 79.9. The van der Waals surface area contributed by atoms with E-state index in [1.165, 1.54) is 17.7 Å². The van der Waals surface area contributed by atoms with E-state index in [-0.39, 0.29) is 12.1 Å². The van der Waals surface area contributed by atoms with Gasteiger partial charge in [0.05, 0.1) is 0 Å². The average Bonchev–Trinajstić information content (AvgIpc) is 2.38. The zero-order valence-corrected chi connectivity index (χ0v) is 14.7. The lowest BCUT2D eigenvalue weighted by Crippen LogP contribution is -2.42. The molecule has 4 heteroatoms. The van der Waals surface area contributed by atoms with Crippen LogP contribution >= 0.6 is 27.7 Å². The maximum absolute atomic E-state index is 6.22. The predicted octanol–water partition coefficient (Wildman–Crippen LogP) is 3.91. The maximum Gasteiger partial charge on any atom is 0.0496 e. The second kappa shape index (κ2) is 8.30. The molecular formula is C15H25BrN2S. The van der Waals surface area contributed by atoms with Crippen molar-refractivity contribution in [3.63, 3.8) is 0 Å². The molecule has 1 rings (SSSR count). The highest BCUT2D eigenvalue weighted by Crippen LogP contribution is 2.26. The first-order valence-electron chi connectivity index (χ1n) is 6.69. The topological polar surface area (TPSA) is 29.3 Å². The van der Waals surface area contributed by atoms with Gasteiger partial charge in [0.15, 0.2) is 0 Å². The maximum atomic E-state index is 6.22. The van der Waals surface area contributed by atoms with Crippen LogP contribution in [0.3, 0.4) is 0 Å². The van der Waals surface area contributed by atoms with Crippen molar-refractivity contribution in [2.75, 3.05) is 19.1 Å². The van der Waals surface area contributed by atoms with Crippen molar-refractivity contribution in [2.45, 2.75) is 38.4 Å². The van der Waals surface area contributed by atoms with Gasteiger partial charge in [-0.15, -0.1) is 0 Å². The third-order valence-electron chi connectivity index (χ3n) is 3.58. The summed E-state index contributed by atoms with van der Waals surface area (Å²) in [7, 11) is 2.18. The number of thioether (sulfide) groups is 1. The van der Waals surface area contributed by atoms with Gasteiger partial charge in [-0.05, 0) is 57.0 Å². The summed E-state index contributed by atoms with van der Waals surface area (Å²) in [4.78, 5) is 2.41. The van der Waals surface area contributed by atoms with E-state index < -0.39 is 0 Å². The Hall–Kier alpha value is -0.0300. The molecule has 108 valence electrons. The Morgan fingerprint density at radius 3 is 2.32 bits per heavy atom. The van der Waals surface area contributed by atoms with Gasteiger partial charge in [-0.3, -0.25) is 4.90 Å². The molecule has 3 atom stereocenters. The van der Waals surface area contributed by atoms with E-state index in [0.29, 0.717) is 6.04 Å². The van der Waals surface area contributed by atoms with E-state index >= 15 is 0 Å². The lowest BCUT2D eigenvalue weighted by Gasteiger charge is -2.36. The predicted molar refractivity (Wildman–Crippen MR) is 90.8 cm³/mol. The quantitative estimate of drug-likeness (QED) is 0.812. The highest BCUT2D eigenvalue weighted by Gasteiger charge is 2.24. The molecule has 0 bridgehead atoms. The van der Waals surface area contributed by atoms with E-state index in [0.717, 1.165) is 4.47 Å². The zero-order chi connectivity index (χ0) is 14.4. The van der Waals surface area contributed by atoms with Gasteiger partial charge >= 0.3 is 0 Å². The summed E-state index contributed by atoms with van der Waals surface area (Å²) < 4.78 is 1.11. The fourth-order valence-corrected chi connectivity index (χ4v) is 3.18. The Kier molecular flexibility index (Phi) is 7.44. The first kappa shape index (κ1) is 17.0. The number of hydrogen-bond acceptors (Lipinski definition) is 3. The van der Waals surface area contributed by atoms with Crippen LogP contribution in [0.15, 0.2) is 28.7 Å². The molecule has 0 aliphatic carbocycles. The van der Waals surface area contributed by atoms with E-state index in [1.807, 2.05) is 11.8 Å². The number of halogens is 1. The Bertz CT molecular complexity index is 367. The van der Waals surface area contributed by atoms with Crippen LogP contribution in [0.25, 0.3) is 0 Å². The van der Waals surface area contributed by atoms with E-state index in [1.54, 1.807) is 0 Å². The zero-order valence-electron chi connectivity index (χ0n) is 12.3. The van der Waals surface area contributed by atoms with Gasteiger partial charge < -0.3 is 5.73 Å². The van der Waals surface area contributed by atoms with Gasteiger partial charge in [-0.25, -0.2) is 0 Å². The minimum absolute atomic E-state index is 0.114. The van der Waals surface area contributed by atoms with E-state index in [4.69, 9.17) is 5.73 Å². The second-order valence-corrected chi connectivity index (χ2v) is 7.05. The van der Waals surface area contributed by atoms with Gasteiger partial charge in [0, 0.05) is 22.6 Å².